The zero-order chi connectivity index (χ0) is 18.3. The van der Waals surface area contributed by atoms with Crippen LogP contribution in [-0.4, -0.2) is 54.1 Å². The van der Waals surface area contributed by atoms with Crippen LogP contribution in [0.1, 0.15) is 32.1 Å². The third kappa shape index (κ3) is 3.17. The molecule has 1 saturated heterocycles. The van der Waals surface area contributed by atoms with Crippen LogP contribution in [0, 0.1) is 0 Å². The van der Waals surface area contributed by atoms with Crippen LogP contribution in [0.3, 0.4) is 0 Å². The monoisotopic (exact) mass is 372 g/mol. The number of ether oxygens (including phenoxy) is 1. The summed E-state index contributed by atoms with van der Waals surface area (Å²) in [5, 5.41) is 0. The van der Waals surface area contributed by atoms with Crippen LogP contribution >= 0.6 is 0 Å². The molecule has 26 heavy (non-hydrogen) atoms. The molecule has 0 bridgehead atoms. The molecule has 3 heterocycles. The Balaban J connectivity index is 1.77. The van der Waals surface area contributed by atoms with E-state index >= 15 is 0 Å². The maximum absolute atomic E-state index is 13.7. The van der Waals surface area contributed by atoms with Crippen LogP contribution < -0.4 is 15.4 Å². The highest BCUT2D eigenvalue weighted by atomic mass is 19.4. The van der Waals surface area contributed by atoms with Crippen LogP contribution in [0.25, 0.3) is 0 Å². The van der Waals surface area contributed by atoms with E-state index in [4.69, 9.17) is 4.74 Å². The highest BCUT2D eigenvalue weighted by Gasteiger charge is 2.49. The molecule has 0 N–H and O–H groups in total. The third-order valence-electron chi connectivity index (χ3n) is 5.60. The summed E-state index contributed by atoms with van der Waals surface area (Å²) in [5.41, 5.74) is -0.278. The molecule has 1 saturated carbocycles. The maximum Gasteiger partial charge on any atom is 0.408 e. The minimum atomic E-state index is -4.33. The Labute approximate surface area is 149 Å². The largest absolute Gasteiger partial charge is 0.408 e. The fourth-order valence-corrected chi connectivity index (χ4v) is 4.30. The van der Waals surface area contributed by atoms with Gasteiger partial charge >= 0.3 is 6.18 Å². The predicted molar refractivity (Wildman–Crippen MR) is 90.7 cm³/mol. The number of anilines is 2. The number of halogens is 3. The van der Waals surface area contributed by atoms with Gasteiger partial charge in [0.05, 0.1) is 13.2 Å². The van der Waals surface area contributed by atoms with Gasteiger partial charge in [-0.1, -0.05) is 12.8 Å². The van der Waals surface area contributed by atoms with Crippen LogP contribution in [0.15, 0.2) is 10.9 Å². The molecular formula is C17H23F3N4O2. The lowest BCUT2D eigenvalue weighted by molar-refractivity contribution is -0.154. The average molecular weight is 372 g/mol. The van der Waals surface area contributed by atoms with Crippen molar-refractivity contribution in [3.8, 4) is 0 Å². The molecule has 2 aliphatic heterocycles. The molecule has 0 radical (unpaired) electrons. The number of nitrogens with zero attached hydrogens (tertiary/aromatic N) is 4. The Bertz CT molecular complexity index is 709. The number of aromatic nitrogens is 2. The molecule has 1 aromatic rings. The summed E-state index contributed by atoms with van der Waals surface area (Å²) < 4.78 is 47.9. The number of alkyl halides is 3. The number of fused-ring (bicyclic) bond motifs is 1. The van der Waals surface area contributed by atoms with Crippen LogP contribution in [0.2, 0.25) is 0 Å². The summed E-state index contributed by atoms with van der Waals surface area (Å²) in [4.78, 5) is 20.5. The average Bonchev–Trinajstić information content (AvgIpc) is 3.15. The molecule has 0 aromatic carbocycles. The first-order valence-corrected chi connectivity index (χ1v) is 9.25. The van der Waals surface area contributed by atoms with E-state index in [2.05, 4.69) is 4.98 Å². The second-order valence-corrected chi connectivity index (χ2v) is 7.20. The van der Waals surface area contributed by atoms with Crippen LogP contribution in [0.4, 0.5) is 24.9 Å². The Kier molecular flexibility index (Phi) is 4.58. The highest BCUT2D eigenvalue weighted by molar-refractivity contribution is 5.47. The smallest absolute Gasteiger partial charge is 0.378 e. The molecule has 1 aliphatic carbocycles. The van der Waals surface area contributed by atoms with E-state index in [9.17, 15) is 18.0 Å². The summed E-state index contributed by atoms with van der Waals surface area (Å²) in [6, 6.07) is -0.340. The second-order valence-electron chi connectivity index (χ2n) is 7.20. The lowest BCUT2D eigenvalue weighted by Crippen LogP contribution is -2.56. The van der Waals surface area contributed by atoms with Gasteiger partial charge in [-0.3, -0.25) is 9.36 Å². The van der Waals surface area contributed by atoms with Gasteiger partial charge in [-0.15, -0.1) is 0 Å². The molecule has 0 spiro atoms. The number of morpholine rings is 1. The molecule has 2 fully saturated rings. The maximum atomic E-state index is 13.7. The quantitative estimate of drug-likeness (QED) is 0.796. The van der Waals surface area contributed by atoms with Gasteiger partial charge in [0.2, 0.25) is 5.95 Å². The SMILES string of the molecule is O=c1cc(N2CCOCC2)nc2n1CCC(C(F)(F)F)N2C1CCCC1. The van der Waals surface area contributed by atoms with Gasteiger partial charge in [0.25, 0.3) is 5.56 Å². The molecule has 9 heteroatoms. The zero-order valence-corrected chi connectivity index (χ0v) is 14.5. The van der Waals surface area contributed by atoms with Gasteiger partial charge in [-0.25, -0.2) is 0 Å². The molecule has 4 rings (SSSR count). The summed E-state index contributed by atoms with van der Waals surface area (Å²) in [5.74, 6) is 0.634. The van der Waals surface area contributed by atoms with Crippen molar-refractivity contribution in [2.75, 3.05) is 36.1 Å². The Hall–Kier alpha value is -1.77. The molecule has 1 atom stereocenters. The van der Waals surface area contributed by atoms with Crippen LogP contribution in [-0.2, 0) is 11.3 Å². The molecular weight excluding hydrogens is 349 g/mol. The van der Waals surface area contributed by atoms with Gasteiger partial charge in [0.15, 0.2) is 0 Å². The minimum Gasteiger partial charge on any atom is -0.378 e. The van der Waals surface area contributed by atoms with Crippen molar-refractivity contribution in [2.45, 2.75) is 56.9 Å². The lowest BCUT2D eigenvalue weighted by Gasteiger charge is -2.43. The van der Waals surface area contributed by atoms with Gasteiger partial charge in [-0.2, -0.15) is 18.2 Å². The van der Waals surface area contributed by atoms with Crippen molar-refractivity contribution >= 4 is 11.8 Å². The van der Waals surface area contributed by atoms with Gasteiger partial charge < -0.3 is 14.5 Å². The Morgan fingerprint density at radius 2 is 1.77 bits per heavy atom. The number of hydrogen-bond acceptors (Lipinski definition) is 5. The second kappa shape index (κ2) is 6.75. The molecule has 0 amide bonds. The summed E-state index contributed by atoms with van der Waals surface area (Å²) in [6.07, 6.45) is -1.18. The van der Waals surface area contributed by atoms with E-state index in [1.807, 2.05) is 4.90 Å². The van der Waals surface area contributed by atoms with Crippen LogP contribution in [0.5, 0.6) is 0 Å². The van der Waals surface area contributed by atoms with Gasteiger partial charge in [0, 0.05) is 31.7 Å². The summed E-state index contributed by atoms with van der Waals surface area (Å²) >= 11 is 0. The fraction of sp³-hybridized carbons (Fsp3) is 0.765. The van der Waals surface area contributed by atoms with E-state index in [0.717, 1.165) is 12.8 Å². The minimum absolute atomic E-state index is 0.0535. The zero-order valence-electron chi connectivity index (χ0n) is 14.5. The molecule has 6 nitrogen and oxygen atoms in total. The Morgan fingerprint density at radius 3 is 2.42 bits per heavy atom. The van der Waals surface area contributed by atoms with E-state index in [1.165, 1.54) is 15.5 Å². The van der Waals surface area contributed by atoms with Crippen molar-refractivity contribution in [3.05, 3.63) is 16.4 Å². The van der Waals surface area contributed by atoms with E-state index < -0.39 is 12.2 Å². The summed E-state index contributed by atoms with van der Waals surface area (Å²) in [6.45, 7) is 2.28. The first-order valence-electron chi connectivity index (χ1n) is 9.25. The van der Waals surface area contributed by atoms with Crippen molar-refractivity contribution in [1.82, 2.24) is 9.55 Å². The van der Waals surface area contributed by atoms with E-state index in [0.29, 0.717) is 45.0 Å². The van der Waals surface area contributed by atoms with Crippen molar-refractivity contribution < 1.29 is 17.9 Å². The lowest BCUT2D eigenvalue weighted by atomic mass is 10.1. The first-order chi connectivity index (χ1) is 12.4. The molecule has 1 unspecified atom stereocenters. The highest BCUT2D eigenvalue weighted by Crippen LogP contribution is 2.39. The summed E-state index contributed by atoms with van der Waals surface area (Å²) in [7, 11) is 0. The molecule has 3 aliphatic rings. The van der Waals surface area contributed by atoms with Gasteiger partial charge in [-0.05, 0) is 19.3 Å². The predicted octanol–water partition coefficient (Wildman–Crippen LogP) is 2.16. The van der Waals surface area contributed by atoms with Crippen molar-refractivity contribution in [1.29, 1.82) is 0 Å². The topological polar surface area (TPSA) is 50.6 Å². The van der Waals surface area contributed by atoms with Gasteiger partial charge in [0.1, 0.15) is 11.9 Å². The number of hydrogen-bond donors (Lipinski definition) is 0. The fourth-order valence-electron chi connectivity index (χ4n) is 4.30. The Morgan fingerprint density at radius 1 is 1.08 bits per heavy atom. The van der Waals surface area contributed by atoms with E-state index in [1.54, 1.807) is 0 Å². The van der Waals surface area contributed by atoms with E-state index in [-0.39, 0.29) is 30.5 Å². The third-order valence-corrected chi connectivity index (χ3v) is 5.60. The van der Waals surface area contributed by atoms with Crippen molar-refractivity contribution in [3.63, 3.8) is 0 Å². The number of rotatable bonds is 2. The molecule has 144 valence electrons. The normalized spacial score (nSPS) is 24.8. The first kappa shape index (κ1) is 17.6. The molecule has 1 aromatic heterocycles. The standard InChI is InChI=1S/C17H23F3N4O2/c18-17(19,20)13-5-6-23-15(25)11-14(22-7-9-26-10-8-22)21-16(23)24(13)12-3-1-2-4-12/h11-13H,1-10H2. The van der Waals surface area contributed by atoms with Crippen molar-refractivity contribution in [2.24, 2.45) is 0 Å².